The number of benzene rings is 2. The Labute approximate surface area is 145 Å². The second-order valence-electron chi connectivity index (χ2n) is 5.58. The zero-order chi connectivity index (χ0) is 16.9. The average Bonchev–Trinajstić information content (AvgIpc) is 2.99. The number of halogens is 1. The van der Waals surface area contributed by atoms with Gasteiger partial charge in [0.15, 0.2) is 0 Å². The smallest absolute Gasteiger partial charge is 0.248 e. The summed E-state index contributed by atoms with van der Waals surface area (Å²) in [6, 6.07) is 14.6. The van der Waals surface area contributed by atoms with Crippen molar-refractivity contribution in [2.75, 3.05) is 16.8 Å². The number of anilines is 2. The molecule has 1 N–H and O–H groups in total. The van der Waals surface area contributed by atoms with Crippen molar-refractivity contribution < 1.29 is 9.59 Å². The summed E-state index contributed by atoms with van der Waals surface area (Å²) in [7, 11) is 0. The van der Waals surface area contributed by atoms with Crippen LogP contribution in [-0.4, -0.2) is 18.4 Å². The Morgan fingerprint density at radius 3 is 2.75 bits per heavy atom. The van der Waals surface area contributed by atoms with Crippen LogP contribution in [0.25, 0.3) is 6.08 Å². The van der Waals surface area contributed by atoms with E-state index in [-0.39, 0.29) is 11.8 Å². The molecule has 1 aliphatic rings. The summed E-state index contributed by atoms with van der Waals surface area (Å²) in [5, 5.41) is 3.43. The van der Waals surface area contributed by atoms with Gasteiger partial charge in [-0.25, -0.2) is 0 Å². The molecule has 2 amide bonds. The summed E-state index contributed by atoms with van der Waals surface area (Å²) in [4.78, 5) is 25.6. The molecule has 4 nitrogen and oxygen atoms in total. The molecule has 2 aromatic carbocycles. The Hall–Kier alpha value is -2.59. The Morgan fingerprint density at radius 1 is 1.17 bits per heavy atom. The van der Waals surface area contributed by atoms with Gasteiger partial charge >= 0.3 is 0 Å². The first-order chi connectivity index (χ1) is 11.6. The van der Waals surface area contributed by atoms with Crippen molar-refractivity contribution in [2.45, 2.75) is 12.8 Å². The highest BCUT2D eigenvalue weighted by molar-refractivity contribution is 6.30. The molecule has 0 spiro atoms. The molecule has 5 heteroatoms. The number of hydrogen-bond donors (Lipinski definition) is 1. The number of amides is 2. The molecular formula is C19H17ClN2O2. The largest absolute Gasteiger partial charge is 0.322 e. The Balaban J connectivity index is 1.67. The van der Waals surface area contributed by atoms with Gasteiger partial charge in [-0.05, 0) is 48.4 Å². The minimum atomic E-state index is -0.236. The zero-order valence-corrected chi connectivity index (χ0v) is 13.8. The quantitative estimate of drug-likeness (QED) is 0.851. The fraction of sp³-hybridized carbons (Fsp3) is 0.158. The maximum Gasteiger partial charge on any atom is 0.248 e. The van der Waals surface area contributed by atoms with E-state index in [2.05, 4.69) is 5.32 Å². The van der Waals surface area contributed by atoms with Crippen LogP contribution in [0.3, 0.4) is 0 Å². The standard InChI is InChI=1S/C19H17ClN2O2/c20-15-5-1-4-14(12-15)9-10-18(23)21-16-6-2-7-17(13-16)22-11-3-8-19(22)24/h1-2,4-7,9-10,12-13H,3,8,11H2,(H,21,23)/b10-9+. The maximum atomic E-state index is 12.1. The van der Waals surface area contributed by atoms with Crippen LogP contribution in [0.1, 0.15) is 18.4 Å². The molecule has 1 fully saturated rings. The van der Waals surface area contributed by atoms with Gasteiger partial charge in [0.05, 0.1) is 0 Å². The lowest BCUT2D eigenvalue weighted by Gasteiger charge is -2.16. The highest BCUT2D eigenvalue weighted by atomic mass is 35.5. The molecule has 0 atom stereocenters. The normalized spacial score (nSPS) is 14.4. The maximum absolute atomic E-state index is 12.1. The van der Waals surface area contributed by atoms with Crippen LogP contribution in [-0.2, 0) is 9.59 Å². The molecule has 1 saturated heterocycles. The predicted molar refractivity (Wildman–Crippen MR) is 97.1 cm³/mol. The minimum absolute atomic E-state index is 0.124. The van der Waals surface area contributed by atoms with E-state index < -0.39 is 0 Å². The van der Waals surface area contributed by atoms with Crippen LogP contribution in [0.4, 0.5) is 11.4 Å². The van der Waals surface area contributed by atoms with E-state index in [4.69, 9.17) is 11.6 Å². The molecule has 1 aliphatic heterocycles. The molecule has 122 valence electrons. The van der Waals surface area contributed by atoms with Crippen LogP contribution in [0, 0.1) is 0 Å². The fourth-order valence-electron chi connectivity index (χ4n) is 2.64. The number of nitrogens with zero attached hydrogens (tertiary/aromatic N) is 1. The van der Waals surface area contributed by atoms with E-state index in [1.54, 1.807) is 29.2 Å². The zero-order valence-electron chi connectivity index (χ0n) is 13.0. The SMILES string of the molecule is O=C(/C=C/c1cccc(Cl)c1)Nc1cccc(N2CCCC2=O)c1. The van der Waals surface area contributed by atoms with Crippen LogP contribution in [0.15, 0.2) is 54.6 Å². The van der Waals surface area contributed by atoms with E-state index in [0.717, 1.165) is 24.2 Å². The van der Waals surface area contributed by atoms with Crippen LogP contribution < -0.4 is 10.2 Å². The molecule has 1 heterocycles. The second-order valence-corrected chi connectivity index (χ2v) is 6.01. The van der Waals surface area contributed by atoms with E-state index in [1.807, 2.05) is 30.3 Å². The van der Waals surface area contributed by atoms with Crippen LogP contribution in [0.5, 0.6) is 0 Å². The van der Waals surface area contributed by atoms with Gasteiger partial charge in [-0.2, -0.15) is 0 Å². The average molecular weight is 341 g/mol. The van der Waals surface area contributed by atoms with Crippen LogP contribution in [0.2, 0.25) is 5.02 Å². The Morgan fingerprint density at radius 2 is 2.00 bits per heavy atom. The third-order valence-corrected chi connectivity index (χ3v) is 4.01. The minimum Gasteiger partial charge on any atom is -0.322 e. The highest BCUT2D eigenvalue weighted by Gasteiger charge is 2.21. The molecule has 3 rings (SSSR count). The molecular weight excluding hydrogens is 324 g/mol. The predicted octanol–water partition coefficient (Wildman–Crippen LogP) is 4.12. The van der Waals surface area contributed by atoms with Gasteiger partial charge in [-0.3, -0.25) is 9.59 Å². The molecule has 2 aromatic rings. The van der Waals surface area contributed by atoms with Gasteiger partial charge in [-0.15, -0.1) is 0 Å². The van der Waals surface area contributed by atoms with Crippen molar-refractivity contribution in [3.8, 4) is 0 Å². The summed E-state index contributed by atoms with van der Waals surface area (Å²) in [5.41, 5.74) is 2.33. The van der Waals surface area contributed by atoms with E-state index in [9.17, 15) is 9.59 Å². The highest BCUT2D eigenvalue weighted by Crippen LogP contribution is 2.24. The molecule has 0 saturated carbocycles. The lowest BCUT2D eigenvalue weighted by atomic mass is 10.2. The molecule has 0 bridgehead atoms. The van der Waals surface area contributed by atoms with Crippen molar-refractivity contribution in [1.29, 1.82) is 0 Å². The molecule has 0 aromatic heterocycles. The number of nitrogens with one attached hydrogen (secondary N) is 1. The Kier molecular flexibility index (Phi) is 4.96. The molecule has 24 heavy (non-hydrogen) atoms. The van der Waals surface area contributed by atoms with Gasteiger partial charge in [0.1, 0.15) is 0 Å². The van der Waals surface area contributed by atoms with Gasteiger partial charge in [-0.1, -0.05) is 29.8 Å². The van der Waals surface area contributed by atoms with Crippen LogP contribution >= 0.6 is 11.6 Å². The fourth-order valence-corrected chi connectivity index (χ4v) is 2.84. The third-order valence-electron chi connectivity index (χ3n) is 3.77. The number of rotatable bonds is 4. The first-order valence-electron chi connectivity index (χ1n) is 7.77. The first-order valence-corrected chi connectivity index (χ1v) is 8.15. The number of carbonyl (C=O) groups excluding carboxylic acids is 2. The van der Waals surface area contributed by atoms with Crippen molar-refractivity contribution in [3.05, 3.63) is 65.2 Å². The van der Waals surface area contributed by atoms with Gasteiger partial charge in [0, 0.05) is 35.4 Å². The second kappa shape index (κ2) is 7.32. The summed E-state index contributed by atoms with van der Waals surface area (Å²) in [6.07, 6.45) is 4.62. The lowest BCUT2D eigenvalue weighted by molar-refractivity contribution is -0.117. The van der Waals surface area contributed by atoms with Gasteiger partial charge in [0.2, 0.25) is 11.8 Å². The summed E-state index contributed by atoms with van der Waals surface area (Å²) >= 11 is 5.91. The first kappa shape index (κ1) is 16.3. The van der Waals surface area contributed by atoms with Crippen molar-refractivity contribution in [2.24, 2.45) is 0 Å². The van der Waals surface area contributed by atoms with Crippen molar-refractivity contribution >= 4 is 40.9 Å². The lowest BCUT2D eigenvalue weighted by Crippen LogP contribution is -2.23. The van der Waals surface area contributed by atoms with Gasteiger partial charge in [0.25, 0.3) is 0 Å². The topological polar surface area (TPSA) is 49.4 Å². The van der Waals surface area contributed by atoms with E-state index in [0.29, 0.717) is 17.1 Å². The molecule has 0 radical (unpaired) electrons. The van der Waals surface area contributed by atoms with Gasteiger partial charge < -0.3 is 10.2 Å². The summed E-state index contributed by atoms with van der Waals surface area (Å²) in [5.74, 6) is -0.112. The van der Waals surface area contributed by atoms with E-state index >= 15 is 0 Å². The third kappa shape index (κ3) is 4.03. The Bertz CT molecular complexity index is 801. The number of hydrogen-bond acceptors (Lipinski definition) is 2. The van der Waals surface area contributed by atoms with Crippen molar-refractivity contribution in [3.63, 3.8) is 0 Å². The monoisotopic (exact) mass is 340 g/mol. The molecule has 0 unspecified atom stereocenters. The summed E-state index contributed by atoms with van der Waals surface area (Å²) < 4.78 is 0. The number of carbonyl (C=O) groups is 2. The van der Waals surface area contributed by atoms with Crippen molar-refractivity contribution in [1.82, 2.24) is 0 Å². The molecule has 0 aliphatic carbocycles. The summed E-state index contributed by atoms with van der Waals surface area (Å²) in [6.45, 7) is 0.727. The van der Waals surface area contributed by atoms with E-state index in [1.165, 1.54) is 6.08 Å².